The SMILES string of the molecule is COc1ccc2c(c1)C1(CC1)CNC2Cc1ccc(F)cc1. The lowest BCUT2D eigenvalue weighted by atomic mass is 9.82. The molecule has 2 aromatic rings. The van der Waals surface area contributed by atoms with Gasteiger partial charge in [-0.2, -0.15) is 0 Å². The van der Waals surface area contributed by atoms with E-state index in [9.17, 15) is 4.39 Å². The van der Waals surface area contributed by atoms with E-state index in [1.54, 1.807) is 7.11 Å². The molecule has 0 radical (unpaired) electrons. The number of methoxy groups -OCH3 is 1. The Morgan fingerprint density at radius 1 is 1.18 bits per heavy atom. The minimum absolute atomic E-state index is 0.178. The standard InChI is InChI=1S/C19H20FNO/c1-22-15-6-7-16-17(11-15)19(8-9-19)12-21-18(16)10-13-2-4-14(20)5-3-13/h2-7,11,18,21H,8-10,12H2,1H3. The summed E-state index contributed by atoms with van der Waals surface area (Å²) in [6.07, 6.45) is 3.39. The van der Waals surface area contributed by atoms with Gasteiger partial charge < -0.3 is 10.1 Å². The van der Waals surface area contributed by atoms with Gasteiger partial charge >= 0.3 is 0 Å². The summed E-state index contributed by atoms with van der Waals surface area (Å²) in [6.45, 7) is 1.03. The van der Waals surface area contributed by atoms with E-state index < -0.39 is 0 Å². The van der Waals surface area contributed by atoms with Gasteiger partial charge in [-0.05, 0) is 60.2 Å². The van der Waals surface area contributed by atoms with Crippen LogP contribution in [0, 0.1) is 5.82 Å². The highest BCUT2D eigenvalue weighted by molar-refractivity contribution is 5.48. The second-order valence-electron chi connectivity index (χ2n) is 6.50. The highest BCUT2D eigenvalue weighted by Crippen LogP contribution is 2.53. The molecule has 1 fully saturated rings. The summed E-state index contributed by atoms with van der Waals surface area (Å²) in [6, 6.07) is 13.6. The van der Waals surface area contributed by atoms with Crippen LogP contribution in [0.3, 0.4) is 0 Å². The fourth-order valence-electron chi connectivity index (χ4n) is 3.58. The van der Waals surface area contributed by atoms with Gasteiger partial charge in [0.15, 0.2) is 0 Å². The summed E-state index contributed by atoms with van der Waals surface area (Å²) in [5, 5.41) is 3.69. The molecule has 22 heavy (non-hydrogen) atoms. The van der Waals surface area contributed by atoms with Crippen molar-refractivity contribution in [1.29, 1.82) is 0 Å². The lowest BCUT2D eigenvalue weighted by Crippen LogP contribution is -2.38. The van der Waals surface area contributed by atoms with Crippen molar-refractivity contribution < 1.29 is 9.13 Å². The minimum Gasteiger partial charge on any atom is -0.497 e. The van der Waals surface area contributed by atoms with Gasteiger partial charge in [0.1, 0.15) is 11.6 Å². The average Bonchev–Trinajstić information content (AvgIpc) is 3.33. The van der Waals surface area contributed by atoms with Crippen molar-refractivity contribution in [2.45, 2.75) is 30.7 Å². The van der Waals surface area contributed by atoms with Crippen LogP contribution in [0.15, 0.2) is 42.5 Å². The van der Waals surface area contributed by atoms with Gasteiger partial charge in [0.2, 0.25) is 0 Å². The maximum Gasteiger partial charge on any atom is 0.123 e. The monoisotopic (exact) mass is 297 g/mol. The van der Waals surface area contributed by atoms with E-state index in [0.29, 0.717) is 5.41 Å². The molecule has 1 atom stereocenters. The number of halogens is 1. The molecule has 1 aliphatic heterocycles. The lowest BCUT2D eigenvalue weighted by Gasteiger charge is -2.33. The maximum absolute atomic E-state index is 13.1. The summed E-state index contributed by atoms with van der Waals surface area (Å²) in [5.41, 5.74) is 4.29. The molecular formula is C19H20FNO. The van der Waals surface area contributed by atoms with Gasteiger partial charge in [-0.3, -0.25) is 0 Å². The van der Waals surface area contributed by atoms with Crippen molar-refractivity contribution in [3.63, 3.8) is 0 Å². The number of benzene rings is 2. The first-order chi connectivity index (χ1) is 10.7. The van der Waals surface area contributed by atoms with Crippen LogP contribution in [-0.2, 0) is 11.8 Å². The van der Waals surface area contributed by atoms with E-state index in [4.69, 9.17) is 4.74 Å². The molecule has 4 rings (SSSR count). The smallest absolute Gasteiger partial charge is 0.123 e. The average molecular weight is 297 g/mol. The number of fused-ring (bicyclic) bond motifs is 2. The second-order valence-corrected chi connectivity index (χ2v) is 6.50. The van der Waals surface area contributed by atoms with Crippen molar-refractivity contribution in [2.75, 3.05) is 13.7 Å². The number of hydrogen-bond donors (Lipinski definition) is 1. The van der Waals surface area contributed by atoms with Gasteiger partial charge in [0.25, 0.3) is 0 Å². The predicted octanol–water partition coefficient (Wildman–Crippen LogP) is 3.75. The van der Waals surface area contributed by atoms with E-state index >= 15 is 0 Å². The first-order valence-corrected chi connectivity index (χ1v) is 7.86. The third kappa shape index (κ3) is 2.30. The molecule has 1 saturated carbocycles. The quantitative estimate of drug-likeness (QED) is 0.931. The largest absolute Gasteiger partial charge is 0.497 e. The molecule has 1 unspecified atom stereocenters. The van der Waals surface area contributed by atoms with E-state index in [-0.39, 0.29) is 11.9 Å². The number of rotatable bonds is 3. The Labute approximate surface area is 130 Å². The molecule has 2 aromatic carbocycles. The van der Waals surface area contributed by atoms with E-state index in [1.807, 2.05) is 18.2 Å². The van der Waals surface area contributed by atoms with Crippen molar-refractivity contribution in [2.24, 2.45) is 0 Å². The Bertz CT molecular complexity index is 691. The number of hydrogen-bond acceptors (Lipinski definition) is 2. The summed E-state index contributed by atoms with van der Waals surface area (Å²) >= 11 is 0. The van der Waals surface area contributed by atoms with E-state index in [1.165, 1.54) is 36.1 Å². The zero-order valence-corrected chi connectivity index (χ0v) is 12.7. The minimum atomic E-state index is -0.178. The molecule has 2 nitrogen and oxygen atoms in total. The number of nitrogens with one attached hydrogen (secondary N) is 1. The molecule has 1 N–H and O–H groups in total. The Morgan fingerprint density at radius 2 is 1.95 bits per heavy atom. The lowest BCUT2D eigenvalue weighted by molar-refractivity contribution is 0.406. The Morgan fingerprint density at radius 3 is 2.64 bits per heavy atom. The van der Waals surface area contributed by atoms with Crippen LogP contribution in [0.5, 0.6) is 5.75 Å². The Kier molecular flexibility index (Phi) is 3.19. The molecule has 1 aliphatic carbocycles. The zero-order chi connectivity index (χ0) is 15.2. The van der Waals surface area contributed by atoms with Crippen LogP contribution in [0.2, 0.25) is 0 Å². The third-order valence-corrected chi connectivity index (χ3v) is 5.10. The van der Waals surface area contributed by atoms with Crippen LogP contribution in [0.1, 0.15) is 35.6 Å². The van der Waals surface area contributed by atoms with Crippen LogP contribution in [-0.4, -0.2) is 13.7 Å². The van der Waals surface area contributed by atoms with Crippen LogP contribution >= 0.6 is 0 Å². The fraction of sp³-hybridized carbons (Fsp3) is 0.368. The first-order valence-electron chi connectivity index (χ1n) is 7.86. The molecule has 3 heteroatoms. The topological polar surface area (TPSA) is 21.3 Å². The maximum atomic E-state index is 13.1. The van der Waals surface area contributed by atoms with Crippen LogP contribution in [0.25, 0.3) is 0 Å². The van der Waals surface area contributed by atoms with Gasteiger partial charge in [-0.25, -0.2) is 4.39 Å². The molecule has 0 bridgehead atoms. The van der Waals surface area contributed by atoms with Crippen molar-refractivity contribution in [3.8, 4) is 5.75 Å². The summed E-state index contributed by atoms with van der Waals surface area (Å²) in [4.78, 5) is 0. The van der Waals surface area contributed by atoms with Crippen molar-refractivity contribution in [1.82, 2.24) is 5.32 Å². The van der Waals surface area contributed by atoms with Gasteiger partial charge in [-0.15, -0.1) is 0 Å². The molecule has 1 heterocycles. The summed E-state index contributed by atoms with van der Waals surface area (Å²) in [5.74, 6) is 0.759. The fourth-order valence-corrected chi connectivity index (χ4v) is 3.58. The van der Waals surface area contributed by atoms with Crippen molar-refractivity contribution >= 4 is 0 Å². The molecule has 114 valence electrons. The number of ether oxygens (including phenoxy) is 1. The summed E-state index contributed by atoms with van der Waals surface area (Å²) < 4.78 is 18.5. The van der Waals surface area contributed by atoms with Crippen LogP contribution in [0.4, 0.5) is 4.39 Å². The first kappa shape index (κ1) is 13.8. The Balaban J connectivity index is 1.66. The third-order valence-electron chi connectivity index (χ3n) is 5.10. The molecule has 0 saturated heterocycles. The molecule has 0 aromatic heterocycles. The molecular weight excluding hydrogens is 277 g/mol. The van der Waals surface area contributed by atoms with E-state index in [0.717, 1.165) is 24.3 Å². The molecule has 1 spiro atoms. The van der Waals surface area contributed by atoms with E-state index in [2.05, 4.69) is 17.4 Å². The van der Waals surface area contributed by atoms with Crippen LogP contribution < -0.4 is 10.1 Å². The summed E-state index contributed by atoms with van der Waals surface area (Å²) in [7, 11) is 1.72. The predicted molar refractivity (Wildman–Crippen MR) is 84.8 cm³/mol. The van der Waals surface area contributed by atoms with Gasteiger partial charge in [0.05, 0.1) is 7.11 Å². The van der Waals surface area contributed by atoms with Crippen molar-refractivity contribution in [3.05, 3.63) is 65.0 Å². The molecule has 0 amide bonds. The normalized spacial score (nSPS) is 21.5. The zero-order valence-electron chi connectivity index (χ0n) is 12.7. The highest BCUT2D eigenvalue weighted by Gasteiger charge is 2.48. The molecule has 2 aliphatic rings. The second kappa shape index (κ2) is 5.10. The van der Waals surface area contributed by atoms with Gasteiger partial charge in [-0.1, -0.05) is 18.2 Å². The highest BCUT2D eigenvalue weighted by atomic mass is 19.1. The van der Waals surface area contributed by atoms with Gasteiger partial charge in [0, 0.05) is 18.0 Å². The Hall–Kier alpha value is -1.87.